The lowest BCUT2D eigenvalue weighted by molar-refractivity contribution is 0.0690. The predicted molar refractivity (Wildman–Crippen MR) is 64.3 cm³/mol. The summed E-state index contributed by atoms with van der Waals surface area (Å²) < 4.78 is 0. The summed E-state index contributed by atoms with van der Waals surface area (Å²) in [5, 5.41) is 8.95. The maximum atomic E-state index is 10.9. The van der Waals surface area contributed by atoms with E-state index in [0.717, 1.165) is 19.5 Å². The van der Waals surface area contributed by atoms with Gasteiger partial charge in [-0.2, -0.15) is 0 Å². The Labute approximate surface area is 99.8 Å². The smallest absolute Gasteiger partial charge is 0.354 e. The molecule has 0 amide bonds. The third-order valence-electron chi connectivity index (χ3n) is 2.78. The van der Waals surface area contributed by atoms with Crippen molar-refractivity contribution in [2.45, 2.75) is 20.3 Å². The molecule has 2 rings (SSSR count). The number of rotatable bonds is 2. The molecule has 0 bridgehead atoms. The van der Waals surface area contributed by atoms with E-state index in [9.17, 15) is 4.79 Å². The van der Waals surface area contributed by atoms with Crippen LogP contribution in [0.25, 0.3) is 0 Å². The summed E-state index contributed by atoms with van der Waals surface area (Å²) in [5.41, 5.74) is 2.09. The molecule has 0 saturated carbocycles. The summed E-state index contributed by atoms with van der Waals surface area (Å²) in [7, 11) is 0. The van der Waals surface area contributed by atoms with Crippen LogP contribution in [0.3, 0.4) is 0 Å². The van der Waals surface area contributed by atoms with Crippen molar-refractivity contribution < 1.29 is 9.90 Å². The fourth-order valence-electron chi connectivity index (χ4n) is 1.76. The molecule has 0 fully saturated rings. The van der Waals surface area contributed by atoms with Gasteiger partial charge < -0.3 is 10.0 Å². The van der Waals surface area contributed by atoms with Gasteiger partial charge >= 0.3 is 5.97 Å². The molecule has 0 aliphatic carbocycles. The first-order valence-electron chi connectivity index (χ1n) is 5.56. The van der Waals surface area contributed by atoms with Crippen LogP contribution in [0.5, 0.6) is 0 Å². The number of aromatic nitrogens is 2. The molecule has 5 nitrogen and oxygen atoms in total. The topological polar surface area (TPSA) is 66.3 Å². The molecule has 1 aliphatic heterocycles. The summed E-state index contributed by atoms with van der Waals surface area (Å²) in [6.07, 6.45) is 3.09. The Bertz CT molecular complexity index is 483. The molecule has 1 aromatic rings. The van der Waals surface area contributed by atoms with E-state index < -0.39 is 5.97 Å². The second-order valence-corrected chi connectivity index (χ2v) is 4.25. The van der Waals surface area contributed by atoms with E-state index in [-0.39, 0.29) is 5.69 Å². The molecule has 1 aliphatic rings. The highest BCUT2D eigenvalue weighted by atomic mass is 16.4. The Hall–Kier alpha value is -1.91. The van der Waals surface area contributed by atoms with Gasteiger partial charge in [-0.3, -0.25) is 0 Å². The Morgan fingerprint density at radius 3 is 2.76 bits per heavy atom. The minimum Gasteiger partial charge on any atom is -0.477 e. The van der Waals surface area contributed by atoms with Crippen molar-refractivity contribution in [1.82, 2.24) is 9.97 Å². The van der Waals surface area contributed by atoms with Crippen molar-refractivity contribution in [1.29, 1.82) is 0 Å². The van der Waals surface area contributed by atoms with Crippen molar-refractivity contribution in [3.05, 3.63) is 29.1 Å². The van der Waals surface area contributed by atoms with E-state index in [1.807, 2.05) is 4.90 Å². The van der Waals surface area contributed by atoms with Crippen LogP contribution in [0, 0.1) is 6.92 Å². The van der Waals surface area contributed by atoms with Gasteiger partial charge in [0, 0.05) is 18.8 Å². The van der Waals surface area contributed by atoms with Crippen molar-refractivity contribution in [2.75, 3.05) is 18.0 Å². The lowest BCUT2D eigenvalue weighted by Gasteiger charge is -2.25. The van der Waals surface area contributed by atoms with Crippen molar-refractivity contribution in [3.63, 3.8) is 0 Å². The van der Waals surface area contributed by atoms with Crippen LogP contribution in [0.4, 0.5) is 5.95 Å². The second kappa shape index (κ2) is 4.53. The molecule has 0 aromatic carbocycles. The zero-order chi connectivity index (χ0) is 12.4. The molecule has 0 saturated heterocycles. The number of aryl methyl sites for hydroxylation is 1. The summed E-state index contributed by atoms with van der Waals surface area (Å²) >= 11 is 0. The van der Waals surface area contributed by atoms with E-state index >= 15 is 0 Å². The first-order valence-corrected chi connectivity index (χ1v) is 5.56. The third kappa shape index (κ3) is 2.61. The van der Waals surface area contributed by atoms with Crippen LogP contribution < -0.4 is 4.90 Å². The second-order valence-electron chi connectivity index (χ2n) is 4.25. The highest BCUT2D eigenvalue weighted by molar-refractivity contribution is 5.85. The summed E-state index contributed by atoms with van der Waals surface area (Å²) in [6.45, 7) is 5.46. The Balaban J connectivity index is 2.29. The summed E-state index contributed by atoms with van der Waals surface area (Å²) in [5.74, 6) is -0.508. The third-order valence-corrected chi connectivity index (χ3v) is 2.78. The van der Waals surface area contributed by atoms with E-state index in [4.69, 9.17) is 5.11 Å². The van der Waals surface area contributed by atoms with Gasteiger partial charge in [0.15, 0.2) is 5.69 Å². The standard InChI is InChI=1S/C12H15N3O2/c1-8-3-5-15(6-4-8)12-13-9(2)7-10(14-12)11(16)17/h3,7H,4-6H2,1-2H3,(H,16,17). The van der Waals surface area contributed by atoms with E-state index in [1.165, 1.54) is 11.6 Å². The molecular formula is C12H15N3O2. The zero-order valence-electron chi connectivity index (χ0n) is 9.97. The van der Waals surface area contributed by atoms with Crippen LogP contribution in [-0.2, 0) is 0 Å². The van der Waals surface area contributed by atoms with Crippen molar-refractivity contribution >= 4 is 11.9 Å². The number of carbonyl (C=O) groups is 1. The Kier molecular flexibility index (Phi) is 3.08. The first kappa shape index (κ1) is 11.6. The van der Waals surface area contributed by atoms with Crippen molar-refractivity contribution in [2.24, 2.45) is 0 Å². The van der Waals surface area contributed by atoms with E-state index in [2.05, 4.69) is 23.0 Å². The number of anilines is 1. The van der Waals surface area contributed by atoms with Crippen LogP contribution in [0.15, 0.2) is 17.7 Å². The van der Waals surface area contributed by atoms with Gasteiger partial charge in [-0.05, 0) is 26.3 Å². The number of carboxylic acid groups (broad SMARTS) is 1. The molecule has 0 radical (unpaired) electrons. The number of hydrogen-bond donors (Lipinski definition) is 1. The monoisotopic (exact) mass is 233 g/mol. The van der Waals surface area contributed by atoms with Gasteiger partial charge in [-0.25, -0.2) is 14.8 Å². The normalized spacial score (nSPS) is 15.6. The first-order chi connectivity index (χ1) is 8.06. The maximum Gasteiger partial charge on any atom is 0.354 e. The van der Waals surface area contributed by atoms with Gasteiger partial charge in [0.25, 0.3) is 0 Å². The zero-order valence-corrected chi connectivity index (χ0v) is 9.97. The fraction of sp³-hybridized carbons (Fsp3) is 0.417. The highest BCUT2D eigenvalue weighted by Gasteiger charge is 2.15. The molecule has 0 atom stereocenters. The van der Waals surface area contributed by atoms with E-state index in [0.29, 0.717) is 11.6 Å². The minimum absolute atomic E-state index is 0.0544. The lowest BCUT2D eigenvalue weighted by atomic mass is 10.1. The van der Waals surface area contributed by atoms with Crippen molar-refractivity contribution in [3.8, 4) is 0 Å². The largest absolute Gasteiger partial charge is 0.477 e. The van der Waals surface area contributed by atoms with Gasteiger partial charge in [-0.1, -0.05) is 11.6 Å². The molecular weight excluding hydrogens is 218 g/mol. The van der Waals surface area contributed by atoms with Gasteiger partial charge in [-0.15, -0.1) is 0 Å². The van der Waals surface area contributed by atoms with Crippen LogP contribution in [0.1, 0.15) is 29.5 Å². The molecule has 17 heavy (non-hydrogen) atoms. The number of carboxylic acids is 1. The molecule has 1 N–H and O–H groups in total. The number of nitrogens with zero attached hydrogens (tertiary/aromatic N) is 3. The molecule has 5 heteroatoms. The SMILES string of the molecule is CC1=CCN(c2nc(C)cc(C(=O)O)n2)CC1. The quantitative estimate of drug-likeness (QED) is 0.786. The lowest BCUT2D eigenvalue weighted by Crippen LogP contribution is -2.30. The van der Waals surface area contributed by atoms with Crippen LogP contribution in [0.2, 0.25) is 0 Å². The van der Waals surface area contributed by atoms with Crippen LogP contribution in [-0.4, -0.2) is 34.1 Å². The average Bonchev–Trinajstić information content (AvgIpc) is 2.29. The fourth-order valence-corrected chi connectivity index (χ4v) is 1.76. The van der Waals surface area contributed by atoms with Gasteiger partial charge in [0.1, 0.15) is 0 Å². The average molecular weight is 233 g/mol. The van der Waals surface area contributed by atoms with Gasteiger partial charge in [0.05, 0.1) is 0 Å². The predicted octanol–water partition coefficient (Wildman–Crippen LogP) is 1.64. The number of aromatic carboxylic acids is 1. The molecule has 0 spiro atoms. The highest BCUT2D eigenvalue weighted by Crippen LogP contribution is 2.16. The van der Waals surface area contributed by atoms with Crippen LogP contribution >= 0.6 is 0 Å². The maximum absolute atomic E-state index is 10.9. The molecule has 90 valence electrons. The van der Waals surface area contributed by atoms with Gasteiger partial charge in [0.2, 0.25) is 5.95 Å². The Morgan fingerprint density at radius 2 is 2.18 bits per heavy atom. The minimum atomic E-state index is -1.01. The molecule has 0 unspecified atom stereocenters. The summed E-state index contributed by atoms with van der Waals surface area (Å²) in [6, 6.07) is 1.48. The van der Waals surface area contributed by atoms with E-state index in [1.54, 1.807) is 6.92 Å². The molecule has 1 aromatic heterocycles. The Morgan fingerprint density at radius 1 is 1.41 bits per heavy atom. The molecule has 2 heterocycles. The number of hydrogen-bond acceptors (Lipinski definition) is 4. The summed E-state index contributed by atoms with van der Waals surface area (Å²) in [4.78, 5) is 21.3.